The van der Waals surface area contributed by atoms with Gasteiger partial charge in [-0.2, -0.15) is 26.3 Å². The van der Waals surface area contributed by atoms with Crippen molar-refractivity contribution in [2.75, 3.05) is 12.0 Å². The Hall–Kier alpha value is -3.05. The van der Waals surface area contributed by atoms with E-state index in [9.17, 15) is 46.1 Å². The number of carbonyl (C=O) groups is 2. The lowest BCUT2D eigenvalue weighted by atomic mass is 9.58. The minimum atomic E-state index is -5.16. The highest BCUT2D eigenvalue weighted by molar-refractivity contribution is 14.1. The van der Waals surface area contributed by atoms with Gasteiger partial charge < -0.3 is 19.5 Å². The Kier molecular flexibility index (Phi) is 10.9. The number of alkyl halides is 6. The van der Waals surface area contributed by atoms with Crippen LogP contribution in [0.3, 0.4) is 0 Å². The fraction of sp³-hybridized carbons (Fsp3) is 0.471. The van der Waals surface area contributed by atoms with E-state index in [1.165, 1.54) is 7.11 Å². The van der Waals surface area contributed by atoms with Crippen molar-refractivity contribution in [3.63, 3.8) is 0 Å². The van der Waals surface area contributed by atoms with E-state index >= 15 is 0 Å². The van der Waals surface area contributed by atoms with Crippen molar-refractivity contribution in [3.8, 4) is 11.5 Å². The van der Waals surface area contributed by atoms with Gasteiger partial charge in [-0.3, -0.25) is 9.59 Å². The van der Waals surface area contributed by atoms with Crippen molar-refractivity contribution >= 4 is 53.3 Å². The van der Waals surface area contributed by atoms with Gasteiger partial charge in [-0.1, -0.05) is 37.5 Å². The number of nitrogens with zero attached hydrogens (tertiary/aromatic N) is 1. The van der Waals surface area contributed by atoms with Crippen LogP contribution < -0.4 is 9.64 Å². The van der Waals surface area contributed by atoms with Gasteiger partial charge in [0.05, 0.1) is 45.4 Å². The number of amides is 2. The Labute approximate surface area is 293 Å². The van der Waals surface area contributed by atoms with Crippen LogP contribution in [0.2, 0.25) is 6.32 Å². The predicted molar refractivity (Wildman–Crippen MR) is 178 cm³/mol. The van der Waals surface area contributed by atoms with Crippen LogP contribution in [0.5, 0.6) is 11.5 Å². The summed E-state index contributed by atoms with van der Waals surface area (Å²) in [5, 5.41) is 21.1. The number of phenols is 1. The molecule has 15 heteroatoms. The summed E-state index contributed by atoms with van der Waals surface area (Å²) in [7, 11) is 0.155. The predicted octanol–water partition coefficient (Wildman–Crippen LogP) is 8.42. The zero-order valence-corrected chi connectivity index (χ0v) is 29.1. The number of phenolic OH excluding ortho intramolecular Hbond substituents is 1. The Morgan fingerprint density at radius 2 is 1.67 bits per heavy atom. The second-order valence-electron chi connectivity index (χ2n) is 12.6. The fourth-order valence-electron chi connectivity index (χ4n) is 7.40. The van der Waals surface area contributed by atoms with E-state index < -0.39 is 72.0 Å². The highest BCUT2D eigenvalue weighted by atomic mass is 127. The van der Waals surface area contributed by atoms with E-state index in [0.717, 1.165) is 35.1 Å². The molecule has 2 N–H and O–H groups in total. The van der Waals surface area contributed by atoms with E-state index in [1.807, 2.05) is 48.6 Å². The maximum absolute atomic E-state index is 14.0. The van der Waals surface area contributed by atoms with Crippen molar-refractivity contribution in [3.05, 3.63) is 67.3 Å². The van der Waals surface area contributed by atoms with E-state index in [-0.39, 0.29) is 24.6 Å². The molecule has 2 heterocycles. The number of rotatable bonds is 9. The number of aromatic hydroxyl groups is 1. The second-order valence-corrected chi connectivity index (χ2v) is 13.8. The van der Waals surface area contributed by atoms with Gasteiger partial charge in [0.15, 0.2) is 11.5 Å². The first-order valence-corrected chi connectivity index (χ1v) is 17.0. The Balaban J connectivity index is 1.47. The molecule has 5 rings (SSSR count). The first-order chi connectivity index (χ1) is 23.0. The van der Waals surface area contributed by atoms with E-state index in [0.29, 0.717) is 45.6 Å². The minimum absolute atomic E-state index is 0.0370. The molecule has 2 aliphatic heterocycles. The van der Waals surface area contributed by atoms with Gasteiger partial charge in [-0.05, 0) is 108 Å². The third kappa shape index (κ3) is 7.53. The van der Waals surface area contributed by atoms with Crippen LogP contribution in [0, 0.1) is 21.3 Å². The number of fused-ring (bicyclic) bond motifs is 3. The number of imide groups is 1. The molecule has 2 aromatic carbocycles. The normalized spacial score (nSPS) is 23.3. The average Bonchev–Trinajstić information content (AvgIpc) is 3.28. The molecule has 0 bridgehead atoms. The highest BCUT2D eigenvalue weighted by Gasteiger charge is 2.58. The number of anilines is 1. The first-order valence-electron chi connectivity index (χ1n) is 16.0. The molecular formula is C34H35BF6INO6. The molecule has 2 aromatic rings. The van der Waals surface area contributed by atoms with Crippen LogP contribution in [0.1, 0.15) is 69.1 Å². The summed E-state index contributed by atoms with van der Waals surface area (Å²) in [5.74, 6) is -4.18. The summed E-state index contributed by atoms with van der Waals surface area (Å²) in [5.41, 5.74) is -0.583. The van der Waals surface area contributed by atoms with Crippen LogP contribution in [0.25, 0.3) is 6.08 Å². The molecule has 2 fully saturated rings. The molecule has 2 saturated heterocycles. The van der Waals surface area contributed by atoms with Crippen molar-refractivity contribution in [1.29, 1.82) is 0 Å². The molecule has 2 amide bonds. The molecule has 0 saturated carbocycles. The smallest absolute Gasteiger partial charge is 0.455 e. The number of allylic oxidation sites excluding steroid dienone is 2. The lowest BCUT2D eigenvalue weighted by molar-refractivity contribution is -0.143. The first kappa shape index (κ1) is 37.2. The molecule has 0 unspecified atom stereocenters. The Morgan fingerprint density at radius 1 is 1.02 bits per heavy atom. The van der Waals surface area contributed by atoms with Gasteiger partial charge in [-0.15, -0.1) is 0 Å². The van der Waals surface area contributed by atoms with Gasteiger partial charge in [0, 0.05) is 0 Å². The van der Waals surface area contributed by atoms with Crippen molar-refractivity contribution in [1.82, 2.24) is 0 Å². The molecular weight excluding hydrogens is 770 g/mol. The van der Waals surface area contributed by atoms with Crippen LogP contribution in [-0.2, 0) is 26.6 Å². The van der Waals surface area contributed by atoms with Gasteiger partial charge in [-0.25, -0.2) is 4.90 Å². The molecule has 49 heavy (non-hydrogen) atoms. The monoisotopic (exact) mass is 805 g/mol. The van der Waals surface area contributed by atoms with Crippen molar-refractivity contribution in [2.45, 2.75) is 77.1 Å². The standard InChI is InChI=1S/C34H35BF6INO6/c1-4-6-17(9-18-10-25(42)30(44)27(11-18)48-3)7-8-26-28-19(5-2)12-23-29(24(28)16-35(47)49-26)32(46)43(31(23)45)22-14-20(33(36,37)38)13-21(15-22)34(39,40)41/h9-11,13-15,23-24,26,29,44,47H,4-8,12,16H2,1-3H3/b17-9+/t23-,24+,26-,29-/m1/s1. The molecule has 264 valence electrons. The molecule has 0 radical (unpaired) electrons. The molecule has 3 aliphatic rings. The highest BCUT2D eigenvalue weighted by Crippen LogP contribution is 2.52. The van der Waals surface area contributed by atoms with Gasteiger partial charge in [0.2, 0.25) is 11.8 Å². The summed E-state index contributed by atoms with van der Waals surface area (Å²) in [6.45, 7) is 3.90. The largest absolute Gasteiger partial charge is 0.504 e. The quantitative estimate of drug-likeness (QED) is 0.0870. The molecule has 4 atom stereocenters. The Morgan fingerprint density at radius 3 is 2.24 bits per heavy atom. The summed E-state index contributed by atoms with van der Waals surface area (Å²) in [4.78, 5) is 28.1. The number of methoxy groups -OCH3 is 1. The number of benzene rings is 2. The molecule has 0 spiro atoms. The van der Waals surface area contributed by atoms with E-state index in [4.69, 9.17) is 9.39 Å². The van der Waals surface area contributed by atoms with E-state index in [1.54, 1.807) is 6.07 Å². The minimum Gasteiger partial charge on any atom is -0.504 e. The lowest BCUT2D eigenvalue weighted by Crippen LogP contribution is -2.46. The summed E-state index contributed by atoms with van der Waals surface area (Å²) >= 11 is 2.01. The van der Waals surface area contributed by atoms with Gasteiger partial charge >= 0.3 is 19.5 Å². The fourth-order valence-corrected chi connectivity index (χ4v) is 8.03. The molecule has 0 aromatic heterocycles. The topological polar surface area (TPSA) is 96.3 Å². The zero-order chi connectivity index (χ0) is 36.0. The zero-order valence-electron chi connectivity index (χ0n) is 26.9. The number of hydrogen-bond acceptors (Lipinski definition) is 6. The van der Waals surface area contributed by atoms with Crippen LogP contribution in [0.4, 0.5) is 32.0 Å². The van der Waals surface area contributed by atoms with Gasteiger partial charge in [0.1, 0.15) is 0 Å². The van der Waals surface area contributed by atoms with Gasteiger partial charge in [0.25, 0.3) is 0 Å². The number of hydrogen-bond donors (Lipinski definition) is 2. The lowest BCUT2D eigenvalue weighted by Gasteiger charge is -2.43. The summed E-state index contributed by atoms with van der Waals surface area (Å²) in [6.07, 6.45) is -5.92. The molecule has 1 aliphatic carbocycles. The van der Waals surface area contributed by atoms with Crippen LogP contribution >= 0.6 is 22.6 Å². The number of ether oxygens (including phenoxy) is 1. The maximum atomic E-state index is 14.0. The maximum Gasteiger partial charge on any atom is 0.455 e. The van der Waals surface area contributed by atoms with Crippen molar-refractivity contribution < 1.29 is 55.5 Å². The molecule has 7 nitrogen and oxygen atoms in total. The second kappa shape index (κ2) is 14.3. The van der Waals surface area contributed by atoms with Crippen LogP contribution in [-0.4, -0.2) is 42.3 Å². The van der Waals surface area contributed by atoms with Crippen LogP contribution in [0.15, 0.2) is 47.1 Å². The number of halogens is 7. The third-order valence-electron chi connectivity index (χ3n) is 9.51. The summed E-state index contributed by atoms with van der Waals surface area (Å²) < 4.78 is 93.9. The summed E-state index contributed by atoms with van der Waals surface area (Å²) in [6, 6.07) is 4.28. The average molecular weight is 805 g/mol. The van der Waals surface area contributed by atoms with E-state index in [2.05, 4.69) is 0 Å². The van der Waals surface area contributed by atoms with Crippen molar-refractivity contribution in [2.24, 2.45) is 17.8 Å². The Bertz CT molecular complexity index is 1660. The SMILES string of the molecule is CCC/C(=C\c1cc(I)c(O)c(OC)c1)CC[C@H]1OB(O)C[C@H]2C1=C(CC)C[C@H]1C(=O)N(c3cc(C(F)(F)F)cc(C(F)(F)F)c3)C(=O)[C@H]12. The third-order valence-corrected chi connectivity index (χ3v) is 10.3. The number of carbonyl (C=O) groups excluding carboxylic acids is 2.